The van der Waals surface area contributed by atoms with Crippen molar-refractivity contribution in [3.05, 3.63) is 18.0 Å². The number of nitrogens with zero attached hydrogens (tertiary/aromatic N) is 2. The standard InChI is InChI=1S/C12H18F3N3/c1-18(8-9-6-7-16-17-9)11-5-3-2-4-10(11)12(13,14)15/h6-7,10-11H,2-5,8H2,1H3,(H,16,17)/t10-,11+/m1/s1. The van der Waals surface area contributed by atoms with Crippen LogP contribution in [0.25, 0.3) is 0 Å². The summed E-state index contributed by atoms with van der Waals surface area (Å²) in [4.78, 5) is 1.80. The molecule has 1 aliphatic rings. The first-order valence-corrected chi connectivity index (χ1v) is 6.23. The van der Waals surface area contributed by atoms with Crippen molar-refractivity contribution in [1.82, 2.24) is 15.1 Å². The molecule has 0 aromatic carbocycles. The summed E-state index contributed by atoms with van der Waals surface area (Å²) >= 11 is 0. The summed E-state index contributed by atoms with van der Waals surface area (Å²) < 4.78 is 39.0. The van der Waals surface area contributed by atoms with E-state index in [1.54, 1.807) is 24.2 Å². The zero-order chi connectivity index (χ0) is 13.2. The first kappa shape index (κ1) is 13.4. The van der Waals surface area contributed by atoms with Crippen LogP contribution in [0.1, 0.15) is 31.4 Å². The summed E-state index contributed by atoms with van der Waals surface area (Å²) in [7, 11) is 1.76. The molecule has 0 radical (unpaired) electrons. The molecule has 3 nitrogen and oxygen atoms in total. The molecule has 1 aliphatic carbocycles. The Hall–Kier alpha value is -1.04. The van der Waals surface area contributed by atoms with E-state index < -0.39 is 18.1 Å². The van der Waals surface area contributed by atoms with Crippen molar-refractivity contribution in [2.45, 2.75) is 44.4 Å². The molecule has 1 N–H and O–H groups in total. The summed E-state index contributed by atoms with van der Waals surface area (Å²) in [5.74, 6) is -1.20. The molecule has 1 fully saturated rings. The van der Waals surface area contributed by atoms with Crippen LogP contribution in [0, 0.1) is 5.92 Å². The van der Waals surface area contributed by atoms with Crippen molar-refractivity contribution in [1.29, 1.82) is 0 Å². The number of hydrogen-bond acceptors (Lipinski definition) is 2. The van der Waals surface area contributed by atoms with E-state index in [1.165, 1.54) is 0 Å². The second-order valence-corrected chi connectivity index (χ2v) is 5.00. The second kappa shape index (κ2) is 5.30. The van der Waals surface area contributed by atoms with Crippen LogP contribution in [0.2, 0.25) is 0 Å². The van der Waals surface area contributed by atoms with Gasteiger partial charge in [0.05, 0.1) is 5.92 Å². The van der Waals surface area contributed by atoms with E-state index in [4.69, 9.17) is 0 Å². The van der Waals surface area contributed by atoms with Crippen LogP contribution in [-0.4, -0.2) is 34.4 Å². The maximum absolute atomic E-state index is 13.0. The molecule has 18 heavy (non-hydrogen) atoms. The van der Waals surface area contributed by atoms with Crippen LogP contribution in [-0.2, 0) is 6.54 Å². The van der Waals surface area contributed by atoms with Gasteiger partial charge in [0, 0.05) is 24.5 Å². The maximum Gasteiger partial charge on any atom is 0.393 e. The van der Waals surface area contributed by atoms with Gasteiger partial charge in [-0.3, -0.25) is 10.00 Å². The lowest BCUT2D eigenvalue weighted by molar-refractivity contribution is -0.198. The number of halogens is 3. The van der Waals surface area contributed by atoms with Gasteiger partial charge in [-0.25, -0.2) is 0 Å². The van der Waals surface area contributed by atoms with Gasteiger partial charge in [0.15, 0.2) is 0 Å². The molecule has 1 saturated carbocycles. The van der Waals surface area contributed by atoms with E-state index in [2.05, 4.69) is 10.2 Å². The monoisotopic (exact) mass is 261 g/mol. The number of aromatic amines is 1. The lowest BCUT2D eigenvalue weighted by atomic mass is 9.83. The third-order valence-electron chi connectivity index (χ3n) is 3.69. The van der Waals surface area contributed by atoms with Gasteiger partial charge in [0.25, 0.3) is 0 Å². The fraction of sp³-hybridized carbons (Fsp3) is 0.750. The largest absolute Gasteiger partial charge is 0.393 e. The highest BCUT2D eigenvalue weighted by Crippen LogP contribution is 2.39. The van der Waals surface area contributed by atoms with Crippen molar-refractivity contribution < 1.29 is 13.2 Å². The van der Waals surface area contributed by atoms with Crippen LogP contribution in [0.3, 0.4) is 0 Å². The molecular formula is C12H18F3N3. The van der Waals surface area contributed by atoms with Gasteiger partial charge < -0.3 is 0 Å². The summed E-state index contributed by atoms with van der Waals surface area (Å²) in [6, 6.07) is 1.38. The van der Waals surface area contributed by atoms with Gasteiger partial charge in [-0.2, -0.15) is 18.3 Å². The molecule has 102 valence electrons. The number of H-pyrrole nitrogens is 1. The third-order valence-corrected chi connectivity index (χ3v) is 3.69. The van der Waals surface area contributed by atoms with Crippen LogP contribution in [0.15, 0.2) is 12.3 Å². The van der Waals surface area contributed by atoms with Gasteiger partial charge >= 0.3 is 6.18 Å². The van der Waals surface area contributed by atoms with Gasteiger partial charge in [-0.15, -0.1) is 0 Å². The van der Waals surface area contributed by atoms with Crippen molar-refractivity contribution in [2.24, 2.45) is 5.92 Å². The quantitative estimate of drug-likeness (QED) is 0.907. The van der Waals surface area contributed by atoms with Crippen molar-refractivity contribution in [2.75, 3.05) is 7.05 Å². The van der Waals surface area contributed by atoms with E-state index in [1.807, 2.05) is 0 Å². The second-order valence-electron chi connectivity index (χ2n) is 5.00. The third kappa shape index (κ3) is 3.04. The molecule has 0 spiro atoms. The lowest BCUT2D eigenvalue weighted by Gasteiger charge is -2.38. The summed E-state index contributed by atoms with van der Waals surface area (Å²) in [6.07, 6.45) is -0.0436. The zero-order valence-corrected chi connectivity index (χ0v) is 10.4. The molecule has 0 aliphatic heterocycles. The summed E-state index contributed by atoms with van der Waals surface area (Å²) in [6.45, 7) is 0.483. The predicted octanol–water partition coefficient (Wildman–Crippen LogP) is 2.96. The summed E-state index contributed by atoms with van der Waals surface area (Å²) in [5.41, 5.74) is 0.851. The zero-order valence-electron chi connectivity index (χ0n) is 10.4. The molecule has 0 saturated heterocycles. The number of rotatable bonds is 3. The number of nitrogens with one attached hydrogen (secondary N) is 1. The predicted molar refractivity (Wildman–Crippen MR) is 61.9 cm³/mol. The minimum atomic E-state index is -4.09. The van der Waals surface area contributed by atoms with E-state index in [0.717, 1.165) is 12.1 Å². The van der Waals surface area contributed by atoms with Crippen LogP contribution in [0.5, 0.6) is 0 Å². The lowest BCUT2D eigenvalue weighted by Crippen LogP contribution is -2.46. The Balaban J connectivity index is 2.04. The van der Waals surface area contributed by atoms with Crippen LogP contribution < -0.4 is 0 Å². The maximum atomic E-state index is 13.0. The van der Waals surface area contributed by atoms with Gasteiger partial charge in [-0.1, -0.05) is 12.8 Å². The highest BCUT2D eigenvalue weighted by Gasteiger charge is 2.46. The molecule has 6 heteroatoms. The van der Waals surface area contributed by atoms with Crippen LogP contribution >= 0.6 is 0 Å². The van der Waals surface area contributed by atoms with Crippen LogP contribution in [0.4, 0.5) is 13.2 Å². The molecule has 1 heterocycles. The van der Waals surface area contributed by atoms with Crippen molar-refractivity contribution >= 4 is 0 Å². The minimum Gasteiger partial charge on any atom is -0.297 e. The normalized spacial score (nSPS) is 25.6. The number of hydrogen-bond donors (Lipinski definition) is 1. The topological polar surface area (TPSA) is 31.9 Å². The molecular weight excluding hydrogens is 243 g/mol. The molecule has 1 aromatic heterocycles. The van der Waals surface area contributed by atoms with Crippen molar-refractivity contribution in [3.63, 3.8) is 0 Å². The van der Waals surface area contributed by atoms with Gasteiger partial charge in [0.2, 0.25) is 0 Å². The van der Waals surface area contributed by atoms with E-state index >= 15 is 0 Å². The highest BCUT2D eigenvalue weighted by atomic mass is 19.4. The Morgan fingerprint density at radius 2 is 2.11 bits per heavy atom. The Kier molecular flexibility index (Phi) is 3.94. The Labute approximate surface area is 104 Å². The fourth-order valence-electron chi connectivity index (χ4n) is 2.78. The SMILES string of the molecule is CN(Cc1ccn[nH]1)[C@H]1CCCC[C@H]1C(F)(F)F. The smallest absolute Gasteiger partial charge is 0.297 e. The van der Waals surface area contributed by atoms with E-state index in [0.29, 0.717) is 19.4 Å². The average molecular weight is 261 g/mol. The highest BCUT2D eigenvalue weighted by molar-refractivity contribution is 4.98. The molecule has 2 rings (SSSR count). The molecule has 0 amide bonds. The van der Waals surface area contributed by atoms with Gasteiger partial charge in [-0.05, 0) is 26.0 Å². The average Bonchev–Trinajstić information content (AvgIpc) is 2.80. The minimum absolute atomic E-state index is 0.251. The van der Waals surface area contributed by atoms with Gasteiger partial charge in [0.1, 0.15) is 0 Å². The number of alkyl halides is 3. The molecule has 2 atom stereocenters. The Morgan fingerprint density at radius 1 is 1.39 bits per heavy atom. The summed E-state index contributed by atoms with van der Waals surface area (Å²) in [5, 5.41) is 6.60. The molecule has 0 unspecified atom stereocenters. The fourth-order valence-corrected chi connectivity index (χ4v) is 2.78. The first-order chi connectivity index (χ1) is 8.48. The Bertz CT molecular complexity index is 361. The Morgan fingerprint density at radius 3 is 2.72 bits per heavy atom. The van der Waals surface area contributed by atoms with E-state index in [-0.39, 0.29) is 6.42 Å². The van der Waals surface area contributed by atoms with Crippen molar-refractivity contribution in [3.8, 4) is 0 Å². The first-order valence-electron chi connectivity index (χ1n) is 6.23. The number of aromatic nitrogens is 2. The molecule has 1 aromatic rings. The van der Waals surface area contributed by atoms with E-state index in [9.17, 15) is 13.2 Å². The molecule has 0 bridgehead atoms.